The first kappa shape index (κ1) is 23.0. The highest BCUT2D eigenvalue weighted by Gasteiger charge is 2.19. The Morgan fingerprint density at radius 3 is 2.70 bits per heavy atom. The summed E-state index contributed by atoms with van der Waals surface area (Å²) in [5, 5.41) is 13.1. The van der Waals surface area contributed by atoms with Crippen molar-refractivity contribution in [1.29, 1.82) is 0 Å². The van der Waals surface area contributed by atoms with Crippen LogP contribution in [0, 0.1) is 13.8 Å². The van der Waals surface area contributed by atoms with E-state index >= 15 is 0 Å². The lowest BCUT2D eigenvalue weighted by Crippen LogP contribution is -2.41. The molecule has 2 N–H and O–H groups in total. The standard InChI is InChI=1S/C26H28N10O/c1-15-9-23(31-17(3)30-15)32-22-10-19-20(11-28-22)25(27-4)29-12-21(19)26-33-24-6-5-18(14-36(24)34-26)35-7-8-37-16(2)13-35/h5-6,9-12,14,16H,7-8,13H2,1-4H3,(H,27,29)(H,28,30,31,32)/t16-/m0/s1. The van der Waals surface area contributed by atoms with E-state index in [1.807, 2.05) is 49.8 Å². The number of ether oxygens (including phenoxy) is 1. The molecule has 188 valence electrons. The number of fused-ring (bicyclic) bond motifs is 2. The normalized spacial score (nSPS) is 15.9. The van der Waals surface area contributed by atoms with Crippen LogP contribution in [0.3, 0.4) is 0 Å². The molecule has 11 heteroatoms. The zero-order chi connectivity index (χ0) is 25.5. The molecule has 1 aliphatic heterocycles. The fraction of sp³-hybridized carbons (Fsp3) is 0.308. The van der Waals surface area contributed by atoms with Crippen molar-refractivity contribution in [1.82, 2.24) is 34.5 Å². The number of anilines is 4. The van der Waals surface area contributed by atoms with Crippen LogP contribution in [0.4, 0.5) is 23.1 Å². The second-order valence-electron chi connectivity index (χ2n) is 9.21. The first-order valence-corrected chi connectivity index (χ1v) is 12.3. The first-order valence-electron chi connectivity index (χ1n) is 12.3. The predicted octanol–water partition coefficient (Wildman–Crippen LogP) is 3.76. The highest BCUT2D eigenvalue weighted by Crippen LogP contribution is 2.32. The van der Waals surface area contributed by atoms with Gasteiger partial charge in [-0.3, -0.25) is 0 Å². The summed E-state index contributed by atoms with van der Waals surface area (Å²) in [6.07, 6.45) is 5.82. The van der Waals surface area contributed by atoms with Crippen LogP contribution in [-0.2, 0) is 4.74 Å². The summed E-state index contributed by atoms with van der Waals surface area (Å²) in [7, 11) is 1.84. The summed E-state index contributed by atoms with van der Waals surface area (Å²) in [5.41, 5.74) is 3.57. The Labute approximate surface area is 214 Å². The van der Waals surface area contributed by atoms with Crippen LogP contribution >= 0.6 is 0 Å². The average Bonchev–Trinajstić information content (AvgIpc) is 3.30. The summed E-state index contributed by atoms with van der Waals surface area (Å²) in [6.45, 7) is 8.32. The van der Waals surface area contributed by atoms with Gasteiger partial charge in [-0.15, -0.1) is 5.10 Å². The molecule has 5 aromatic heterocycles. The van der Waals surface area contributed by atoms with Crippen molar-refractivity contribution >= 4 is 39.6 Å². The summed E-state index contributed by atoms with van der Waals surface area (Å²) < 4.78 is 7.52. The maximum Gasteiger partial charge on any atom is 0.184 e. The molecule has 5 aromatic rings. The van der Waals surface area contributed by atoms with E-state index < -0.39 is 0 Å². The predicted molar refractivity (Wildman–Crippen MR) is 143 cm³/mol. The van der Waals surface area contributed by atoms with Crippen molar-refractivity contribution in [2.75, 3.05) is 42.3 Å². The molecule has 1 fully saturated rings. The zero-order valence-electron chi connectivity index (χ0n) is 21.2. The number of pyridine rings is 3. The molecule has 0 unspecified atom stereocenters. The Bertz CT molecular complexity index is 1590. The lowest BCUT2D eigenvalue weighted by atomic mass is 10.1. The van der Waals surface area contributed by atoms with E-state index in [1.165, 1.54) is 0 Å². The average molecular weight is 497 g/mol. The highest BCUT2D eigenvalue weighted by atomic mass is 16.5. The third-order valence-corrected chi connectivity index (χ3v) is 6.39. The topological polar surface area (TPSA) is 118 Å². The van der Waals surface area contributed by atoms with E-state index in [1.54, 1.807) is 12.4 Å². The van der Waals surface area contributed by atoms with Gasteiger partial charge in [-0.1, -0.05) is 0 Å². The van der Waals surface area contributed by atoms with Gasteiger partial charge >= 0.3 is 0 Å². The zero-order valence-corrected chi connectivity index (χ0v) is 21.2. The van der Waals surface area contributed by atoms with Gasteiger partial charge in [-0.25, -0.2) is 29.4 Å². The van der Waals surface area contributed by atoms with E-state index in [2.05, 4.69) is 48.5 Å². The van der Waals surface area contributed by atoms with Crippen LogP contribution in [0.5, 0.6) is 0 Å². The molecule has 1 aliphatic rings. The fourth-order valence-corrected chi connectivity index (χ4v) is 4.72. The third kappa shape index (κ3) is 4.49. The number of aryl methyl sites for hydroxylation is 2. The van der Waals surface area contributed by atoms with E-state index in [0.717, 1.165) is 58.9 Å². The number of nitrogens with one attached hydrogen (secondary N) is 2. The number of nitrogens with zero attached hydrogens (tertiary/aromatic N) is 8. The minimum atomic E-state index is 0.200. The van der Waals surface area contributed by atoms with Gasteiger partial charge in [0.1, 0.15) is 23.3 Å². The first-order chi connectivity index (χ1) is 18.0. The number of hydrogen-bond donors (Lipinski definition) is 2. The molecule has 0 saturated carbocycles. The van der Waals surface area contributed by atoms with Gasteiger partial charge in [0.05, 0.1) is 24.6 Å². The van der Waals surface area contributed by atoms with Crippen molar-refractivity contribution in [2.45, 2.75) is 26.9 Å². The van der Waals surface area contributed by atoms with Gasteiger partial charge < -0.3 is 20.3 Å². The molecular weight excluding hydrogens is 468 g/mol. The molecule has 1 saturated heterocycles. The number of rotatable bonds is 5. The van der Waals surface area contributed by atoms with Crippen LogP contribution < -0.4 is 15.5 Å². The Morgan fingerprint density at radius 1 is 1.00 bits per heavy atom. The summed E-state index contributed by atoms with van der Waals surface area (Å²) >= 11 is 0. The van der Waals surface area contributed by atoms with Crippen molar-refractivity contribution in [3.05, 3.63) is 54.4 Å². The smallest absolute Gasteiger partial charge is 0.184 e. The second-order valence-corrected chi connectivity index (χ2v) is 9.21. The van der Waals surface area contributed by atoms with Gasteiger partial charge in [0.15, 0.2) is 11.5 Å². The third-order valence-electron chi connectivity index (χ3n) is 6.39. The number of morpholine rings is 1. The Balaban J connectivity index is 1.41. The van der Waals surface area contributed by atoms with Crippen LogP contribution in [0.2, 0.25) is 0 Å². The summed E-state index contributed by atoms with van der Waals surface area (Å²) in [4.78, 5) is 25.2. The Kier molecular flexibility index (Phi) is 5.76. The Hall–Kier alpha value is -4.38. The maximum absolute atomic E-state index is 5.69. The Morgan fingerprint density at radius 2 is 1.89 bits per heavy atom. The summed E-state index contributed by atoms with van der Waals surface area (Å²) in [6, 6.07) is 7.95. The molecule has 37 heavy (non-hydrogen) atoms. The van der Waals surface area contributed by atoms with Crippen LogP contribution in [0.25, 0.3) is 27.8 Å². The van der Waals surface area contributed by atoms with Gasteiger partial charge in [0.2, 0.25) is 0 Å². The molecule has 11 nitrogen and oxygen atoms in total. The molecular formula is C26H28N10O. The van der Waals surface area contributed by atoms with Crippen LogP contribution in [0.1, 0.15) is 18.4 Å². The lowest BCUT2D eigenvalue weighted by Gasteiger charge is -2.32. The van der Waals surface area contributed by atoms with E-state index in [-0.39, 0.29) is 6.10 Å². The fourth-order valence-electron chi connectivity index (χ4n) is 4.72. The molecule has 1 atom stereocenters. The molecule has 0 amide bonds. The van der Waals surface area contributed by atoms with E-state index in [0.29, 0.717) is 23.3 Å². The van der Waals surface area contributed by atoms with Crippen LogP contribution in [-0.4, -0.2) is 67.4 Å². The summed E-state index contributed by atoms with van der Waals surface area (Å²) in [5.74, 6) is 3.38. The van der Waals surface area contributed by atoms with Crippen LogP contribution in [0.15, 0.2) is 42.9 Å². The van der Waals surface area contributed by atoms with Gasteiger partial charge in [-0.2, -0.15) is 0 Å². The highest BCUT2D eigenvalue weighted by molar-refractivity contribution is 6.01. The van der Waals surface area contributed by atoms with Crippen molar-refractivity contribution in [3.8, 4) is 11.4 Å². The molecule has 0 aliphatic carbocycles. The minimum Gasteiger partial charge on any atom is -0.375 e. The molecule has 0 spiro atoms. The molecule has 0 radical (unpaired) electrons. The molecule has 6 rings (SSSR count). The van der Waals surface area contributed by atoms with Gasteiger partial charge in [-0.05, 0) is 39.0 Å². The molecule has 0 aromatic carbocycles. The minimum absolute atomic E-state index is 0.200. The SMILES string of the molecule is CNc1ncc(-c2nc3ccc(N4CCO[C@@H](C)C4)cn3n2)c2cc(Nc3cc(C)nc(C)n3)ncc12. The number of aromatic nitrogens is 7. The van der Waals surface area contributed by atoms with Gasteiger partial charge in [0.25, 0.3) is 0 Å². The molecule has 6 heterocycles. The largest absolute Gasteiger partial charge is 0.375 e. The lowest BCUT2D eigenvalue weighted by molar-refractivity contribution is 0.0532. The number of hydrogen-bond acceptors (Lipinski definition) is 10. The van der Waals surface area contributed by atoms with Crippen molar-refractivity contribution < 1.29 is 4.74 Å². The van der Waals surface area contributed by atoms with E-state index in [9.17, 15) is 0 Å². The monoisotopic (exact) mass is 496 g/mol. The van der Waals surface area contributed by atoms with E-state index in [4.69, 9.17) is 14.8 Å². The second kappa shape index (κ2) is 9.25. The quantitative estimate of drug-likeness (QED) is 0.372. The maximum atomic E-state index is 5.69. The molecule has 0 bridgehead atoms. The van der Waals surface area contributed by atoms with Gasteiger partial charge in [0, 0.05) is 60.6 Å². The van der Waals surface area contributed by atoms with Crippen molar-refractivity contribution in [2.24, 2.45) is 0 Å². The van der Waals surface area contributed by atoms with Crippen molar-refractivity contribution in [3.63, 3.8) is 0 Å².